The molecule has 6 heterocycles. The maximum atomic E-state index is 2.65. The molecule has 0 aliphatic carbocycles. The van der Waals surface area contributed by atoms with Crippen molar-refractivity contribution in [3.8, 4) is 0 Å². The van der Waals surface area contributed by atoms with E-state index in [0.717, 1.165) is 5.69 Å². The van der Waals surface area contributed by atoms with Gasteiger partial charge < -0.3 is 14.7 Å². The fourth-order valence-corrected chi connectivity index (χ4v) is 15.8. The standard InChI is InChI=1S/C60H35B2N3S3/c1-4-18-36(19-5-1)63-45-28-14-12-26-41(45)61-43-32-44-51(33-47(43)65(38-22-8-3-9-23-38)59-55-39-24-10-16-30-49(39)66-52(55)34-48(63)57(59)61)68-54-35-53-56(40-25-11-17-31-50(40)67-53)60-58(54)62(44)42-27-13-15-29-46(42)64(60)37-20-6-2-7-21-37/h1-35H. The van der Waals surface area contributed by atoms with Crippen molar-refractivity contribution in [3.05, 3.63) is 212 Å². The lowest BCUT2D eigenvalue weighted by Gasteiger charge is -2.45. The van der Waals surface area contributed by atoms with E-state index in [1.165, 1.54) is 128 Å². The van der Waals surface area contributed by atoms with Gasteiger partial charge >= 0.3 is 0 Å². The Bertz CT molecular complexity index is 4110. The SMILES string of the molecule is c1ccc(N2c3ccccc3B3c4cc5c(cc4N(c4ccccc4)c4c3c2cc2sc3ccccc3c42)Sc2cc3sc4ccccc4c3c3c2B5c2ccccc2N3c2ccccc2)cc1. The molecule has 2 aromatic heterocycles. The predicted octanol–water partition coefficient (Wildman–Crippen LogP) is 13.3. The first-order chi connectivity index (χ1) is 33.8. The third-order valence-corrected chi connectivity index (χ3v) is 18.2. The van der Waals surface area contributed by atoms with Crippen molar-refractivity contribution < 1.29 is 0 Å². The van der Waals surface area contributed by atoms with Crippen LogP contribution in [0, 0.1) is 0 Å². The summed E-state index contributed by atoms with van der Waals surface area (Å²) < 4.78 is 5.25. The van der Waals surface area contributed by atoms with Gasteiger partial charge in [0.2, 0.25) is 6.71 Å². The quantitative estimate of drug-likeness (QED) is 0.163. The van der Waals surface area contributed by atoms with Crippen LogP contribution in [0.15, 0.2) is 222 Å². The van der Waals surface area contributed by atoms with Gasteiger partial charge in [-0.2, -0.15) is 0 Å². The second kappa shape index (κ2) is 14.0. The number of anilines is 9. The van der Waals surface area contributed by atoms with Crippen LogP contribution >= 0.6 is 34.4 Å². The van der Waals surface area contributed by atoms with Crippen molar-refractivity contribution in [2.24, 2.45) is 0 Å². The zero-order valence-corrected chi connectivity index (χ0v) is 38.9. The molecule has 0 atom stereocenters. The van der Waals surface area contributed by atoms with Crippen LogP contribution in [-0.2, 0) is 0 Å². The topological polar surface area (TPSA) is 9.72 Å². The minimum atomic E-state index is -0.0201. The van der Waals surface area contributed by atoms with Crippen LogP contribution < -0.4 is 47.5 Å². The fourth-order valence-electron chi connectivity index (χ4n) is 12.2. The highest BCUT2D eigenvalue weighted by molar-refractivity contribution is 8.00. The molecule has 68 heavy (non-hydrogen) atoms. The number of fused-ring (bicyclic) bond motifs is 16. The molecule has 0 bridgehead atoms. The third kappa shape index (κ3) is 5.01. The molecule has 4 aliphatic heterocycles. The summed E-state index contributed by atoms with van der Waals surface area (Å²) in [6, 6.07) is 79.9. The average molecular weight is 916 g/mol. The van der Waals surface area contributed by atoms with Crippen molar-refractivity contribution in [3.63, 3.8) is 0 Å². The molecule has 16 rings (SSSR count). The first kappa shape index (κ1) is 37.6. The summed E-state index contributed by atoms with van der Waals surface area (Å²) in [6.45, 7) is 0.00284. The number of hydrogen-bond acceptors (Lipinski definition) is 6. The van der Waals surface area contributed by atoms with Gasteiger partial charge in [0, 0.05) is 89.9 Å². The van der Waals surface area contributed by atoms with Gasteiger partial charge in [-0.3, -0.25) is 0 Å². The van der Waals surface area contributed by atoms with Gasteiger partial charge in [0.25, 0.3) is 6.71 Å². The number of nitrogens with zero attached hydrogens (tertiary/aromatic N) is 3. The summed E-state index contributed by atoms with van der Waals surface area (Å²) >= 11 is 5.78. The van der Waals surface area contributed by atoms with Gasteiger partial charge in [-0.1, -0.05) is 151 Å². The molecule has 4 aliphatic rings. The smallest absolute Gasteiger partial charge is 0.252 e. The predicted molar refractivity (Wildman–Crippen MR) is 296 cm³/mol. The van der Waals surface area contributed by atoms with Crippen LogP contribution in [-0.4, -0.2) is 13.4 Å². The molecule has 0 unspecified atom stereocenters. The van der Waals surface area contributed by atoms with Crippen molar-refractivity contribution in [2.75, 3.05) is 14.7 Å². The van der Waals surface area contributed by atoms with Gasteiger partial charge in [0.1, 0.15) is 0 Å². The molecular weight excluding hydrogens is 881 g/mol. The van der Waals surface area contributed by atoms with Crippen molar-refractivity contribution in [1.29, 1.82) is 0 Å². The number of hydrogen-bond donors (Lipinski definition) is 0. The van der Waals surface area contributed by atoms with Crippen LogP contribution in [0.5, 0.6) is 0 Å². The second-order valence-electron chi connectivity index (χ2n) is 18.3. The lowest BCUT2D eigenvalue weighted by molar-refractivity contribution is 1.26. The molecule has 0 saturated carbocycles. The zero-order valence-electron chi connectivity index (χ0n) is 36.4. The van der Waals surface area contributed by atoms with Crippen LogP contribution in [0.4, 0.5) is 51.2 Å². The Labute approximate surface area is 406 Å². The van der Waals surface area contributed by atoms with Gasteiger partial charge in [-0.15, -0.1) is 22.7 Å². The van der Waals surface area contributed by atoms with Crippen LogP contribution in [0.1, 0.15) is 0 Å². The lowest BCUT2D eigenvalue weighted by atomic mass is 9.31. The van der Waals surface area contributed by atoms with E-state index in [1.54, 1.807) is 0 Å². The third-order valence-electron chi connectivity index (χ3n) is 14.8. The Hall–Kier alpha value is -7.48. The number of rotatable bonds is 3. The van der Waals surface area contributed by atoms with E-state index in [0.29, 0.717) is 0 Å². The zero-order chi connectivity index (χ0) is 44.2. The minimum absolute atomic E-state index is 0.0201. The van der Waals surface area contributed by atoms with E-state index in [9.17, 15) is 0 Å². The molecule has 0 N–H and O–H groups in total. The highest BCUT2D eigenvalue weighted by Gasteiger charge is 2.48. The van der Waals surface area contributed by atoms with Crippen LogP contribution in [0.25, 0.3) is 40.3 Å². The first-order valence-electron chi connectivity index (χ1n) is 23.3. The van der Waals surface area contributed by atoms with E-state index < -0.39 is 0 Å². The molecule has 0 amide bonds. The van der Waals surface area contributed by atoms with E-state index in [-0.39, 0.29) is 13.4 Å². The highest BCUT2D eigenvalue weighted by atomic mass is 32.2. The summed E-state index contributed by atoms with van der Waals surface area (Å²) in [7, 11) is 0. The van der Waals surface area contributed by atoms with Gasteiger partial charge in [-0.25, -0.2) is 0 Å². The maximum Gasteiger partial charge on any atom is 0.252 e. The molecule has 10 aromatic carbocycles. The average Bonchev–Trinajstić information content (AvgIpc) is 3.96. The lowest BCUT2D eigenvalue weighted by Crippen LogP contribution is -2.64. The molecule has 0 saturated heterocycles. The second-order valence-corrected chi connectivity index (χ2v) is 21.5. The van der Waals surface area contributed by atoms with E-state index in [2.05, 4.69) is 227 Å². The Morgan fingerprint density at radius 3 is 1.40 bits per heavy atom. The number of para-hydroxylation sites is 5. The van der Waals surface area contributed by atoms with Gasteiger partial charge in [-0.05, 0) is 106 Å². The Kier molecular flexibility index (Phi) is 7.76. The van der Waals surface area contributed by atoms with E-state index in [4.69, 9.17) is 0 Å². The minimum Gasteiger partial charge on any atom is -0.311 e. The Morgan fingerprint density at radius 1 is 0.309 bits per heavy atom. The molecule has 0 radical (unpaired) electrons. The molecule has 3 nitrogen and oxygen atoms in total. The van der Waals surface area contributed by atoms with Crippen molar-refractivity contribution in [2.45, 2.75) is 9.79 Å². The first-order valence-corrected chi connectivity index (χ1v) is 25.8. The molecule has 314 valence electrons. The van der Waals surface area contributed by atoms with Crippen molar-refractivity contribution in [1.82, 2.24) is 0 Å². The van der Waals surface area contributed by atoms with Crippen molar-refractivity contribution >= 4 is 172 Å². The Morgan fingerprint density at radius 2 is 0.779 bits per heavy atom. The van der Waals surface area contributed by atoms with Gasteiger partial charge in [0.05, 0.1) is 11.4 Å². The molecule has 0 fully saturated rings. The normalized spacial score (nSPS) is 14.0. The summed E-state index contributed by atoms with van der Waals surface area (Å²) in [5, 5.41) is 5.30. The fraction of sp³-hybridized carbons (Fsp3) is 0. The largest absolute Gasteiger partial charge is 0.311 e. The maximum absolute atomic E-state index is 2.65. The molecular formula is C60H35B2N3S3. The van der Waals surface area contributed by atoms with E-state index in [1.807, 2.05) is 34.4 Å². The monoisotopic (exact) mass is 915 g/mol. The summed E-state index contributed by atoms with van der Waals surface area (Å²) in [5.41, 5.74) is 19.2. The summed E-state index contributed by atoms with van der Waals surface area (Å²) in [5.74, 6) is 0. The summed E-state index contributed by atoms with van der Waals surface area (Å²) in [6.07, 6.45) is 0. The van der Waals surface area contributed by atoms with Crippen LogP contribution in [0.2, 0.25) is 0 Å². The number of thiophene rings is 2. The molecule has 0 spiro atoms. The molecule has 8 heteroatoms. The van der Waals surface area contributed by atoms with Gasteiger partial charge in [0.15, 0.2) is 0 Å². The Balaban J connectivity index is 1.04. The highest BCUT2D eigenvalue weighted by Crippen LogP contribution is 2.53. The summed E-state index contributed by atoms with van der Waals surface area (Å²) in [4.78, 5) is 10.4. The van der Waals surface area contributed by atoms with E-state index >= 15 is 0 Å². The van der Waals surface area contributed by atoms with Crippen LogP contribution in [0.3, 0.4) is 0 Å². The molecule has 12 aromatic rings. The number of benzene rings is 10.